The lowest BCUT2D eigenvalue weighted by Crippen LogP contribution is -2.46. The molecule has 0 heterocycles. The van der Waals surface area contributed by atoms with Crippen molar-refractivity contribution in [1.82, 2.24) is 10.9 Å². The SMILES string of the molecule is COC(=O)c1ccccc1NC(=O)NNC(=O)OC(C)(C)C. The maximum atomic E-state index is 11.7. The average Bonchev–Trinajstić information content (AvgIpc) is 2.43. The molecule has 22 heavy (non-hydrogen) atoms. The van der Waals surface area contributed by atoms with Gasteiger partial charge in [0.05, 0.1) is 18.4 Å². The summed E-state index contributed by atoms with van der Waals surface area (Å²) in [6, 6.07) is 5.57. The second kappa shape index (κ2) is 7.30. The summed E-state index contributed by atoms with van der Waals surface area (Å²) < 4.78 is 9.56. The zero-order valence-electron chi connectivity index (χ0n) is 12.9. The van der Waals surface area contributed by atoms with Crippen LogP contribution in [0.5, 0.6) is 0 Å². The van der Waals surface area contributed by atoms with Crippen LogP contribution in [0.3, 0.4) is 0 Å². The number of anilines is 1. The summed E-state index contributed by atoms with van der Waals surface area (Å²) in [4.78, 5) is 34.6. The van der Waals surface area contributed by atoms with Crippen LogP contribution < -0.4 is 16.2 Å². The minimum atomic E-state index is -0.802. The van der Waals surface area contributed by atoms with Gasteiger partial charge in [0.15, 0.2) is 0 Å². The Morgan fingerprint density at radius 2 is 1.68 bits per heavy atom. The molecule has 1 aromatic carbocycles. The number of hydrogen-bond donors (Lipinski definition) is 3. The molecule has 0 saturated heterocycles. The molecule has 3 N–H and O–H groups in total. The molecule has 0 saturated carbocycles. The first-order valence-electron chi connectivity index (χ1n) is 6.46. The fourth-order valence-electron chi connectivity index (χ4n) is 1.45. The lowest BCUT2D eigenvalue weighted by molar-refractivity contribution is 0.0505. The van der Waals surface area contributed by atoms with Crippen molar-refractivity contribution in [2.24, 2.45) is 0 Å². The smallest absolute Gasteiger partial charge is 0.426 e. The maximum Gasteiger partial charge on any atom is 0.426 e. The van der Waals surface area contributed by atoms with Gasteiger partial charge >= 0.3 is 18.1 Å². The molecular weight excluding hydrogens is 290 g/mol. The summed E-state index contributed by atoms with van der Waals surface area (Å²) in [6.45, 7) is 5.08. The van der Waals surface area contributed by atoms with Gasteiger partial charge in [0.1, 0.15) is 5.60 Å². The Morgan fingerprint density at radius 3 is 2.27 bits per heavy atom. The van der Waals surface area contributed by atoms with Crippen LogP contribution in [-0.4, -0.2) is 30.8 Å². The van der Waals surface area contributed by atoms with Crippen molar-refractivity contribution < 1.29 is 23.9 Å². The third kappa shape index (κ3) is 5.70. The molecule has 120 valence electrons. The summed E-state index contributed by atoms with van der Waals surface area (Å²) >= 11 is 0. The normalized spacial score (nSPS) is 10.4. The third-order valence-electron chi connectivity index (χ3n) is 2.26. The zero-order valence-corrected chi connectivity index (χ0v) is 12.9. The Balaban J connectivity index is 2.60. The van der Waals surface area contributed by atoms with Gasteiger partial charge in [0.2, 0.25) is 0 Å². The number of hydrogen-bond acceptors (Lipinski definition) is 5. The van der Waals surface area contributed by atoms with Gasteiger partial charge in [-0.25, -0.2) is 25.2 Å². The van der Waals surface area contributed by atoms with Crippen LogP contribution in [0, 0.1) is 0 Å². The number of rotatable bonds is 2. The number of urea groups is 1. The second-order valence-corrected chi connectivity index (χ2v) is 5.24. The molecule has 0 bridgehead atoms. The van der Waals surface area contributed by atoms with E-state index in [-0.39, 0.29) is 11.3 Å². The van der Waals surface area contributed by atoms with Crippen LogP contribution >= 0.6 is 0 Å². The summed E-state index contributed by atoms with van der Waals surface area (Å²) in [7, 11) is 1.24. The first-order chi connectivity index (χ1) is 10.2. The lowest BCUT2D eigenvalue weighted by Gasteiger charge is -2.19. The highest BCUT2D eigenvalue weighted by molar-refractivity contribution is 6.00. The molecule has 0 spiro atoms. The van der Waals surface area contributed by atoms with Crippen LogP contribution in [-0.2, 0) is 9.47 Å². The highest BCUT2D eigenvalue weighted by Crippen LogP contribution is 2.15. The molecular formula is C14H19N3O5. The van der Waals surface area contributed by atoms with Gasteiger partial charge in [-0.15, -0.1) is 0 Å². The Kier molecular flexibility index (Phi) is 5.73. The molecule has 1 aromatic rings. The maximum absolute atomic E-state index is 11.7. The van der Waals surface area contributed by atoms with E-state index in [0.717, 1.165) is 0 Å². The Hall–Kier alpha value is -2.77. The predicted molar refractivity (Wildman–Crippen MR) is 79.3 cm³/mol. The molecule has 0 aromatic heterocycles. The molecule has 1 rings (SSSR count). The van der Waals surface area contributed by atoms with Crippen LogP contribution in [0.25, 0.3) is 0 Å². The quantitative estimate of drug-likeness (QED) is 0.572. The standard InChI is InChI=1S/C14H19N3O5/c1-14(2,3)22-13(20)17-16-12(19)15-10-8-6-5-7-9(10)11(18)21-4/h5-8H,1-4H3,(H,17,20)(H2,15,16,19). The fraction of sp³-hybridized carbons (Fsp3) is 0.357. The van der Waals surface area contributed by atoms with Gasteiger partial charge in [0.25, 0.3) is 0 Å². The zero-order chi connectivity index (χ0) is 16.8. The molecule has 8 heteroatoms. The average molecular weight is 309 g/mol. The topological polar surface area (TPSA) is 106 Å². The van der Waals surface area contributed by atoms with Crippen molar-refractivity contribution in [3.05, 3.63) is 29.8 Å². The van der Waals surface area contributed by atoms with E-state index in [2.05, 4.69) is 20.9 Å². The third-order valence-corrected chi connectivity index (χ3v) is 2.26. The van der Waals surface area contributed by atoms with E-state index >= 15 is 0 Å². The monoisotopic (exact) mass is 309 g/mol. The number of hydrazine groups is 1. The van der Waals surface area contributed by atoms with Crippen LogP contribution in [0.4, 0.5) is 15.3 Å². The fourth-order valence-corrected chi connectivity index (χ4v) is 1.45. The summed E-state index contributed by atoms with van der Waals surface area (Å²) in [5, 5.41) is 2.42. The highest BCUT2D eigenvalue weighted by atomic mass is 16.6. The van der Waals surface area contributed by atoms with Gasteiger partial charge in [-0.2, -0.15) is 0 Å². The highest BCUT2D eigenvalue weighted by Gasteiger charge is 2.17. The number of nitrogens with one attached hydrogen (secondary N) is 3. The van der Waals surface area contributed by atoms with Crippen molar-refractivity contribution in [1.29, 1.82) is 0 Å². The van der Waals surface area contributed by atoms with Gasteiger partial charge in [0, 0.05) is 0 Å². The first kappa shape index (κ1) is 17.3. The van der Waals surface area contributed by atoms with Crippen LogP contribution in [0.1, 0.15) is 31.1 Å². The van der Waals surface area contributed by atoms with Gasteiger partial charge in [-0.3, -0.25) is 0 Å². The first-order valence-corrected chi connectivity index (χ1v) is 6.46. The van der Waals surface area contributed by atoms with Crippen LogP contribution in [0.2, 0.25) is 0 Å². The summed E-state index contributed by atoms with van der Waals surface area (Å²) in [5.41, 5.74) is 3.95. The number of esters is 1. The minimum Gasteiger partial charge on any atom is -0.465 e. The minimum absolute atomic E-state index is 0.192. The van der Waals surface area contributed by atoms with E-state index in [9.17, 15) is 14.4 Å². The van der Waals surface area contributed by atoms with E-state index in [1.807, 2.05) is 0 Å². The Labute approximate surface area is 128 Å². The van der Waals surface area contributed by atoms with E-state index < -0.39 is 23.7 Å². The number of amides is 3. The van der Waals surface area contributed by atoms with Crippen molar-refractivity contribution in [3.63, 3.8) is 0 Å². The molecule has 0 radical (unpaired) electrons. The van der Waals surface area contributed by atoms with Crippen molar-refractivity contribution in [2.75, 3.05) is 12.4 Å². The molecule has 0 fully saturated rings. The number of carbonyl (C=O) groups is 3. The van der Waals surface area contributed by atoms with Crippen molar-refractivity contribution in [3.8, 4) is 0 Å². The van der Waals surface area contributed by atoms with Gasteiger partial charge in [-0.05, 0) is 32.9 Å². The van der Waals surface area contributed by atoms with E-state index in [1.165, 1.54) is 19.2 Å². The molecule has 0 unspecified atom stereocenters. The lowest BCUT2D eigenvalue weighted by atomic mass is 10.2. The summed E-state index contributed by atoms with van der Waals surface area (Å²) in [6.07, 6.45) is -0.802. The van der Waals surface area contributed by atoms with Gasteiger partial charge in [-0.1, -0.05) is 12.1 Å². The second-order valence-electron chi connectivity index (χ2n) is 5.24. The molecule has 8 nitrogen and oxygen atoms in total. The summed E-state index contributed by atoms with van der Waals surface area (Å²) in [5.74, 6) is -0.587. The van der Waals surface area contributed by atoms with Crippen molar-refractivity contribution in [2.45, 2.75) is 26.4 Å². The number of para-hydroxylation sites is 1. The predicted octanol–water partition coefficient (Wildman–Crippen LogP) is 2.03. The van der Waals surface area contributed by atoms with E-state index in [1.54, 1.807) is 32.9 Å². The number of carbonyl (C=O) groups excluding carboxylic acids is 3. The number of benzene rings is 1. The van der Waals surface area contributed by atoms with E-state index in [0.29, 0.717) is 0 Å². The number of ether oxygens (including phenoxy) is 2. The largest absolute Gasteiger partial charge is 0.465 e. The molecule has 0 aliphatic rings. The Bertz CT molecular complexity index is 566. The van der Waals surface area contributed by atoms with E-state index in [4.69, 9.17) is 4.74 Å². The molecule has 0 aliphatic heterocycles. The van der Waals surface area contributed by atoms with Crippen molar-refractivity contribution >= 4 is 23.8 Å². The molecule has 0 aliphatic carbocycles. The Morgan fingerprint density at radius 1 is 1.05 bits per heavy atom. The van der Waals surface area contributed by atoms with Crippen LogP contribution in [0.15, 0.2) is 24.3 Å². The molecule has 0 atom stereocenters. The number of methoxy groups -OCH3 is 1. The molecule has 3 amide bonds. The van der Waals surface area contributed by atoms with Gasteiger partial charge < -0.3 is 14.8 Å².